The zero-order valence-corrected chi connectivity index (χ0v) is 6.59. The molecular formula is C11H12. The van der Waals surface area contributed by atoms with Crippen LogP contribution in [0, 0.1) is 0 Å². The van der Waals surface area contributed by atoms with Gasteiger partial charge in [0, 0.05) is 0 Å². The minimum absolute atomic E-state index is 1.01. The Labute approximate surface area is 67.9 Å². The van der Waals surface area contributed by atoms with Gasteiger partial charge in [0.1, 0.15) is 0 Å². The topological polar surface area (TPSA) is 0 Å². The Hall–Kier alpha value is -1.30. The fraction of sp³-hybridized carbons (Fsp3) is 0.0909. The van der Waals surface area contributed by atoms with Gasteiger partial charge in [0.2, 0.25) is 0 Å². The average Bonchev–Trinajstić information content (AvgIpc) is 2.52. The molecule has 0 amide bonds. The summed E-state index contributed by atoms with van der Waals surface area (Å²) in [5.74, 6) is 0. The van der Waals surface area contributed by atoms with Gasteiger partial charge < -0.3 is 0 Å². The molecule has 0 saturated carbocycles. The van der Waals surface area contributed by atoms with Gasteiger partial charge in [0.15, 0.2) is 0 Å². The maximum Gasteiger partial charge on any atom is -0.00886 e. The molecule has 0 fully saturated rings. The number of rotatable bonds is 3. The van der Waals surface area contributed by atoms with Crippen molar-refractivity contribution in [2.24, 2.45) is 0 Å². The van der Waals surface area contributed by atoms with E-state index in [1.54, 1.807) is 6.08 Å². The minimum atomic E-state index is 1.01. The molecule has 0 N–H and O–H groups in total. The van der Waals surface area contributed by atoms with Gasteiger partial charge in [0.05, 0.1) is 0 Å². The van der Waals surface area contributed by atoms with Crippen molar-refractivity contribution in [1.82, 2.24) is 0 Å². The molecule has 0 aromatic heterocycles. The maximum atomic E-state index is 3.93. The first-order chi connectivity index (χ1) is 5.34. The first kappa shape index (κ1) is 7.80. The third-order valence-corrected chi connectivity index (χ3v) is 1.62. The molecule has 0 radical (unpaired) electrons. The summed E-state index contributed by atoms with van der Waals surface area (Å²) in [6.07, 6.45) is 12.9. The van der Waals surface area contributed by atoms with Crippen molar-refractivity contribution in [3.05, 3.63) is 60.8 Å². The van der Waals surface area contributed by atoms with Gasteiger partial charge in [-0.05, 0) is 17.6 Å². The lowest BCUT2D eigenvalue weighted by Gasteiger charge is -1.97. The van der Waals surface area contributed by atoms with Gasteiger partial charge in [-0.3, -0.25) is 0 Å². The second kappa shape index (κ2) is 3.77. The van der Waals surface area contributed by atoms with Crippen LogP contribution in [0.1, 0.15) is 6.42 Å². The van der Waals surface area contributed by atoms with Crippen molar-refractivity contribution in [3.8, 4) is 0 Å². The summed E-state index contributed by atoms with van der Waals surface area (Å²) in [4.78, 5) is 0. The van der Waals surface area contributed by atoms with Crippen molar-refractivity contribution in [1.29, 1.82) is 0 Å². The monoisotopic (exact) mass is 144 g/mol. The van der Waals surface area contributed by atoms with Gasteiger partial charge in [-0.25, -0.2) is 0 Å². The molecule has 56 valence electrons. The molecule has 1 aliphatic rings. The Morgan fingerprint density at radius 1 is 1.55 bits per heavy atom. The Bertz CT molecular complexity index is 249. The van der Waals surface area contributed by atoms with E-state index in [0.29, 0.717) is 0 Å². The third-order valence-electron chi connectivity index (χ3n) is 1.62. The molecule has 0 unspecified atom stereocenters. The summed E-state index contributed by atoms with van der Waals surface area (Å²) in [6.45, 7) is 7.53. The summed E-state index contributed by atoms with van der Waals surface area (Å²) in [5, 5.41) is 0. The summed E-state index contributed by atoms with van der Waals surface area (Å²) in [5.41, 5.74) is 2.37. The molecule has 0 saturated heterocycles. The SMILES string of the molecule is C=C/C=C\C(=C)C1=CC=CC1. The second-order valence-electron chi connectivity index (χ2n) is 2.44. The van der Waals surface area contributed by atoms with E-state index in [1.165, 1.54) is 5.57 Å². The van der Waals surface area contributed by atoms with Crippen LogP contribution in [0.5, 0.6) is 0 Å². The van der Waals surface area contributed by atoms with Crippen LogP contribution in [-0.2, 0) is 0 Å². The van der Waals surface area contributed by atoms with Crippen molar-refractivity contribution < 1.29 is 0 Å². The molecule has 0 atom stereocenters. The van der Waals surface area contributed by atoms with Crippen LogP contribution in [0.3, 0.4) is 0 Å². The molecule has 0 aliphatic heterocycles. The molecule has 11 heavy (non-hydrogen) atoms. The van der Waals surface area contributed by atoms with Gasteiger partial charge in [-0.1, -0.05) is 49.6 Å². The Morgan fingerprint density at radius 2 is 2.36 bits per heavy atom. The van der Waals surface area contributed by atoms with E-state index in [1.807, 2.05) is 12.2 Å². The molecule has 0 heterocycles. The van der Waals surface area contributed by atoms with Crippen LogP contribution in [0.4, 0.5) is 0 Å². The lowest BCUT2D eigenvalue weighted by molar-refractivity contribution is 1.29. The van der Waals surface area contributed by atoms with E-state index in [0.717, 1.165) is 12.0 Å². The third kappa shape index (κ3) is 2.08. The van der Waals surface area contributed by atoms with Crippen LogP contribution < -0.4 is 0 Å². The largest absolute Gasteiger partial charge is 0.0991 e. The highest BCUT2D eigenvalue weighted by molar-refractivity contribution is 5.44. The van der Waals surface area contributed by atoms with E-state index in [4.69, 9.17) is 0 Å². The van der Waals surface area contributed by atoms with Crippen molar-refractivity contribution in [2.75, 3.05) is 0 Å². The first-order valence-electron chi connectivity index (χ1n) is 3.68. The molecule has 1 aliphatic carbocycles. The number of allylic oxidation sites excluding steroid dienone is 8. The maximum absolute atomic E-state index is 3.93. The molecule has 1 rings (SSSR count). The minimum Gasteiger partial charge on any atom is -0.0991 e. The van der Waals surface area contributed by atoms with Crippen LogP contribution in [0.2, 0.25) is 0 Å². The summed E-state index contributed by atoms with van der Waals surface area (Å²) >= 11 is 0. The van der Waals surface area contributed by atoms with E-state index in [-0.39, 0.29) is 0 Å². The van der Waals surface area contributed by atoms with E-state index in [9.17, 15) is 0 Å². The van der Waals surface area contributed by atoms with Gasteiger partial charge in [-0.15, -0.1) is 0 Å². The zero-order valence-electron chi connectivity index (χ0n) is 6.59. The molecule has 0 spiro atoms. The lowest BCUT2D eigenvalue weighted by Crippen LogP contribution is -1.78. The fourth-order valence-corrected chi connectivity index (χ4v) is 0.977. The number of hydrogen-bond donors (Lipinski definition) is 0. The van der Waals surface area contributed by atoms with Crippen molar-refractivity contribution >= 4 is 0 Å². The summed E-state index contributed by atoms with van der Waals surface area (Å²) < 4.78 is 0. The molecule has 0 aromatic carbocycles. The van der Waals surface area contributed by atoms with Crippen molar-refractivity contribution in [2.45, 2.75) is 6.42 Å². The number of hydrogen-bond acceptors (Lipinski definition) is 0. The normalized spacial score (nSPS) is 15.5. The fourth-order valence-electron chi connectivity index (χ4n) is 0.977. The molecule has 0 aromatic rings. The Kier molecular flexibility index (Phi) is 2.67. The van der Waals surface area contributed by atoms with Crippen LogP contribution in [0.25, 0.3) is 0 Å². The van der Waals surface area contributed by atoms with E-state index < -0.39 is 0 Å². The molecule has 0 heteroatoms. The highest BCUT2D eigenvalue weighted by Crippen LogP contribution is 2.18. The second-order valence-corrected chi connectivity index (χ2v) is 2.44. The highest BCUT2D eigenvalue weighted by atomic mass is 14.0. The van der Waals surface area contributed by atoms with Gasteiger partial charge in [-0.2, -0.15) is 0 Å². The molecular weight excluding hydrogens is 132 g/mol. The van der Waals surface area contributed by atoms with Crippen LogP contribution >= 0.6 is 0 Å². The Morgan fingerprint density at radius 3 is 2.91 bits per heavy atom. The summed E-state index contributed by atoms with van der Waals surface area (Å²) in [6, 6.07) is 0. The highest BCUT2D eigenvalue weighted by Gasteiger charge is 1.99. The first-order valence-corrected chi connectivity index (χ1v) is 3.68. The van der Waals surface area contributed by atoms with Crippen LogP contribution in [-0.4, -0.2) is 0 Å². The van der Waals surface area contributed by atoms with Crippen LogP contribution in [0.15, 0.2) is 60.8 Å². The standard InChI is InChI=1S/C11H12/c1-3-4-7-10(2)11-8-5-6-9-11/h3-8H,1-2,9H2/b7-4-. The smallest absolute Gasteiger partial charge is 0.00886 e. The van der Waals surface area contributed by atoms with E-state index in [2.05, 4.69) is 31.4 Å². The summed E-state index contributed by atoms with van der Waals surface area (Å²) in [7, 11) is 0. The van der Waals surface area contributed by atoms with Gasteiger partial charge in [0.25, 0.3) is 0 Å². The zero-order chi connectivity index (χ0) is 8.10. The predicted molar refractivity (Wildman–Crippen MR) is 50.3 cm³/mol. The predicted octanol–water partition coefficient (Wildman–Crippen LogP) is 3.17. The molecule has 0 bridgehead atoms. The van der Waals surface area contributed by atoms with Gasteiger partial charge >= 0.3 is 0 Å². The molecule has 0 nitrogen and oxygen atoms in total. The lowest BCUT2D eigenvalue weighted by atomic mass is 10.1. The Balaban J connectivity index is 2.55. The quantitative estimate of drug-likeness (QED) is 0.534. The average molecular weight is 144 g/mol. The van der Waals surface area contributed by atoms with Crippen molar-refractivity contribution in [3.63, 3.8) is 0 Å². The van der Waals surface area contributed by atoms with E-state index >= 15 is 0 Å².